The molecule has 0 bridgehead atoms. The number of allylic oxidation sites excluding steroid dienone is 1. The fraction of sp³-hybridized carbons (Fsp3) is 0.730. The van der Waals surface area contributed by atoms with Crippen LogP contribution in [0.2, 0.25) is 4.82 Å². The Balaban J connectivity index is 1.38. The van der Waals surface area contributed by atoms with Gasteiger partial charge >= 0.3 is 250 Å². The third kappa shape index (κ3) is 6.44. The predicted octanol–water partition coefficient (Wildman–Crippen LogP) is 8.07. The van der Waals surface area contributed by atoms with E-state index in [-0.39, 0.29) is 29.1 Å². The van der Waals surface area contributed by atoms with Gasteiger partial charge in [0, 0.05) is 6.92 Å². The van der Waals surface area contributed by atoms with Crippen LogP contribution in [0.15, 0.2) is 42.0 Å². The van der Waals surface area contributed by atoms with Gasteiger partial charge in [-0.3, -0.25) is 4.79 Å². The zero-order valence-electron chi connectivity index (χ0n) is 27.1. The summed E-state index contributed by atoms with van der Waals surface area (Å²) in [5.41, 5.74) is 1.84. The normalized spacial score (nSPS) is 36.6. The molecule has 1 aromatic rings. The molecule has 3 fully saturated rings. The zero-order chi connectivity index (χ0) is 30.3. The van der Waals surface area contributed by atoms with Gasteiger partial charge in [-0.1, -0.05) is 0 Å². The van der Waals surface area contributed by atoms with Crippen molar-refractivity contribution in [2.75, 3.05) is 0 Å². The fourth-order valence-corrected chi connectivity index (χ4v) is 13.1. The third-order valence-corrected chi connectivity index (χ3v) is 14.7. The van der Waals surface area contributed by atoms with Gasteiger partial charge in [0.05, 0.1) is 0 Å². The number of hydrogen-bond donors (Lipinski definition) is 0. The quantitative estimate of drug-likeness (QED) is 0.156. The van der Waals surface area contributed by atoms with E-state index in [0.29, 0.717) is 31.1 Å². The molecule has 42 heavy (non-hydrogen) atoms. The van der Waals surface area contributed by atoms with Crippen molar-refractivity contribution in [3.05, 3.63) is 42.0 Å². The molecule has 4 aliphatic carbocycles. The van der Waals surface area contributed by atoms with Crippen LogP contribution in [-0.2, 0) is 19.1 Å². The molecule has 0 aromatic heterocycles. The molecule has 1 aromatic carbocycles. The molecule has 0 aliphatic heterocycles. The molecule has 0 N–H and O–H groups in total. The first-order valence-corrected chi connectivity index (χ1v) is 18.5. The summed E-state index contributed by atoms with van der Waals surface area (Å²) >= 11 is 0.386. The standard InChI is InChI=1S/C37H54O4Se/c1-24(12-11-19-35(4,5)41-26(3)39)30-15-16-31-34-32(18-21-37(30,31)7)36(6)20-17-28(40-25(2)38)22-27(36)23-33(34)42-29-13-9-8-10-14-29/h8-10,13-14,23-24,28,30-34H,11-12,15-22H2,1-7H3/t24-,28+,30-,31+,32+,33+,34+,36+,37-/m1/s1. The van der Waals surface area contributed by atoms with E-state index in [4.69, 9.17) is 9.47 Å². The van der Waals surface area contributed by atoms with Crippen molar-refractivity contribution < 1.29 is 19.1 Å². The van der Waals surface area contributed by atoms with E-state index in [9.17, 15) is 9.59 Å². The molecule has 4 nitrogen and oxygen atoms in total. The molecule has 9 atom stereocenters. The summed E-state index contributed by atoms with van der Waals surface area (Å²) in [5, 5.41) is 0. The summed E-state index contributed by atoms with van der Waals surface area (Å²) in [6.45, 7) is 14.9. The number of fused-ring (bicyclic) bond motifs is 5. The van der Waals surface area contributed by atoms with Gasteiger partial charge < -0.3 is 0 Å². The Morgan fingerprint density at radius 1 is 1.00 bits per heavy atom. The van der Waals surface area contributed by atoms with Crippen LogP contribution in [-0.4, -0.2) is 38.6 Å². The Morgan fingerprint density at radius 3 is 2.43 bits per heavy atom. The van der Waals surface area contributed by atoms with Gasteiger partial charge in [0.2, 0.25) is 0 Å². The van der Waals surface area contributed by atoms with Crippen LogP contribution < -0.4 is 4.46 Å². The molecule has 0 amide bonds. The van der Waals surface area contributed by atoms with Gasteiger partial charge in [0.1, 0.15) is 0 Å². The Morgan fingerprint density at radius 2 is 1.74 bits per heavy atom. The number of carbonyl (C=O) groups excluding carboxylic acids is 2. The van der Waals surface area contributed by atoms with Gasteiger partial charge in [-0.15, -0.1) is 0 Å². The van der Waals surface area contributed by atoms with Crippen LogP contribution in [0.25, 0.3) is 0 Å². The minimum absolute atomic E-state index is 0.0413. The van der Waals surface area contributed by atoms with Crippen LogP contribution >= 0.6 is 0 Å². The minimum atomic E-state index is -0.380. The molecule has 232 valence electrons. The van der Waals surface area contributed by atoms with Gasteiger partial charge in [-0.25, -0.2) is 0 Å². The average molecular weight is 642 g/mol. The number of esters is 2. The third-order valence-electron chi connectivity index (χ3n) is 12.0. The predicted molar refractivity (Wildman–Crippen MR) is 171 cm³/mol. The van der Waals surface area contributed by atoms with Gasteiger partial charge in [0.25, 0.3) is 0 Å². The molecule has 4 aliphatic rings. The van der Waals surface area contributed by atoms with Crippen molar-refractivity contribution in [2.24, 2.45) is 40.4 Å². The van der Waals surface area contributed by atoms with E-state index in [2.05, 4.69) is 57.2 Å². The number of benzene rings is 1. The van der Waals surface area contributed by atoms with E-state index in [1.165, 1.54) is 43.5 Å². The molecule has 0 heterocycles. The maximum atomic E-state index is 11.8. The van der Waals surface area contributed by atoms with E-state index in [1.54, 1.807) is 12.5 Å². The summed E-state index contributed by atoms with van der Waals surface area (Å²) in [6, 6.07) is 11.2. The van der Waals surface area contributed by atoms with Crippen molar-refractivity contribution in [3.8, 4) is 0 Å². The van der Waals surface area contributed by atoms with E-state index >= 15 is 0 Å². The van der Waals surface area contributed by atoms with Crippen LogP contribution in [0, 0.1) is 40.4 Å². The van der Waals surface area contributed by atoms with Crippen molar-refractivity contribution in [1.82, 2.24) is 0 Å². The van der Waals surface area contributed by atoms with Gasteiger partial charge in [-0.05, 0) is 0 Å². The molecule has 3 saturated carbocycles. The summed E-state index contributed by atoms with van der Waals surface area (Å²) in [5.74, 6) is 3.37. The molecule has 0 unspecified atom stereocenters. The van der Waals surface area contributed by atoms with Gasteiger partial charge in [-0.2, -0.15) is 0 Å². The SMILES string of the molecule is CC(=O)O[C@H]1CC[C@@]2(C)C(=C[C@H]([Se]c3ccccc3)[C@H]3[C@@H]4CC[C@H]([C@H](C)CCCC(C)(C)OC(C)=O)[C@@]4(C)CC[C@@H]32)C1. The fourth-order valence-electron chi connectivity index (χ4n) is 10.2. The Hall–Kier alpha value is -1.58. The van der Waals surface area contributed by atoms with Gasteiger partial charge in [0.15, 0.2) is 0 Å². The van der Waals surface area contributed by atoms with Crippen LogP contribution in [0.4, 0.5) is 0 Å². The average Bonchev–Trinajstić information content (AvgIpc) is 3.26. The molecular formula is C37H54O4Se. The van der Waals surface area contributed by atoms with E-state index < -0.39 is 0 Å². The molecule has 0 radical (unpaired) electrons. The number of ether oxygens (including phenoxy) is 2. The van der Waals surface area contributed by atoms with Crippen molar-refractivity contribution in [3.63, 3.8) is 0 Å². The molecule has 0 spiro atoms. The van der Waals surface area contributed by atoms with Crippen LogP contribution in [0.1, 0.15) is 113 Å². The second kappa shape index (κ2) is 12.4. The van der Waals surface area contributed by atoms with Crippen molar-refractivity contribution in [2.45, 2.75) is 129 Å². The summed E-state index contributed by atoms with van der Waals surface area (Å²) in [4.78, 5) is 24.0. The van der Waals surface area contributed by atoms with Crippen LogP contribution in [0.5, 0.6) is 0 Å². The molecule has 5 rings (SSSR count). The Bertz CT molecular complexity index is 1160. The molecule has 0 saturated heterocycles. The van der Waals surface area contributed by atoms with E-state index in [0.717, 1.165) is 55.8 Å². The summed E-state index contributed by atoms with van der Waals surface area (Å²) in [6.07, 6.45) is 14.4. The molecular weight excluding hydrogens is 587 g/mol. The second-order valence-electron chi connectivity index (χ2n) is 15.2. The van der Waals surface area contributed by atoms with Crippen LogP contribution in [0.3, 0.4) is 0 Å². The Labute approximate surface area is 261 Å². The number of hydrogen-bond acceptors (Lipinski definition) is 4. The topological polar surface area (TPSA) is 52.6 Å². The maximum absolute atomic E-state index is 11.8. The number of carbonyl (C=O) groups is 2. The summed E-state index contributed by atoms with van der Waals surface area (Å²) < 4.78 is 12.9. The molecule has 5 heteroatoms. The van der Waals surface area contributed by atoms with Crippen molar-refractivity contribution in [1.29, 1.82) is 0 Å². The monoisotopic (exact) mass is 642 g/mol. The second-order valence-corrected chi connectivity index (χ2v) is 17.8. The first kappa shape index (κ1) is 31.8. The first-order valence-electron chi connectivity index (χ1n) is 16.6. The number of rotatable bonds is 9. The summed E-state index contributed by atoms with van der Waals surface area (Å²) in [7, 11) is 0. The Kier molecular flexibility index (Phi) is 9.42. The van der Waals surface area contributed by atoms with E-state index in [1.807, 2.05) is 13.8 Å². The first-order chi connectivity index (χ1) is 19.8. The zero-order valence-corrected chi connectivity index (χ0v) is 28.8. The van der Waals surface area contributed by atoms with Crippen molar-refractivity contribution >= 4 is 31.4 Å².